The molecule has 72 valence electrons. The Morgan fingerprint density at radius 1 is 1.36 bits per heavy atom. The minimum atomic E-state index is 0.495. The van der Waals surface area contributed by atoms with Gasteiger partial charge in [0.15, 0.2) is 4.80 Å². The highest BCUT2D eigenvalue weighted by molar-refractivity contribution is 7.07. The van der Waals surface area contributed by atoms with Crippen molar-refractivity contribution in [1.29, 1.82) is 5.41 Å². The van der Waals surface area contributed by atoms with E-state index in [1.54, 1.807) is 11.7 Å². The van der Waals surface area contributed by atoms with Crippen molar-refractivity contribution in [3.8, 4) is 11.4 Å². The van der Waals surface area contributed by atoms with Gasteiger partial charge in [0, 0.05) is 11.6 Å². The van der Waals surface area contributed by atoms with Gasteiger partial charge in [-0.2, -0.15) is 0 Å². The number of nitrogens with one attached hydrogen (secondary N) is 1. The van der Waals surface area contributed by atoms with Crippen LogP contribution < -0.4 is 9.54 Å². The minimum Gasteiger partial charge on any atom is -0.495 e. The van der Waals surface area contributed by atoms with E-state index in [4.69, 9.17) is 10.1 Å². The van der Waals surface area contributed by atoms with E-state index >= 15 is 0 Å². The predicted octanol–water partition coefficient (Wildman–Crippen LogP) is 2.03. The fourth-order valence-corrected chi connectivity index (χ4v) is 1.88. The summed E-state index contributed by atoms with van der Waals surface area (Å²) in [5.41, 5.74) is 0.904. The smallest absolute Gasteiger partial charge is 0.186 e. The van der Waals surface area contributed by atoms with Gasteiger partial charge in [-0.25, -0.2) is 0 Å². The molecule has 2 aromatic rings. The summed E-state index contributed by atoms with van der Waals surface area (Å²) in [6.07, 6.45) is 1.87. The maximum Gasteiger partial charge on any atom is 0.186 e. The number of aromatic nitrogens is 1. The second-order valence-electron chi connectivity index (χ2n) is 2.75. The lowest BCUT2D eigenvalue weighted by molar-refractivity contribution is 0.412. The maximum absolute atomic E-state index is 7.69. The molecule has 3 nitrogen and oxygen atoms in total. The predicted molar refractivity (Wildman–Crippen MR) is 56.1 cm³/mol. The van der Waals surface area contributed by atoms with Crippen LogP contribution in [-0.2, 0) is 0 Å². The number of para-hydroxylation sites is 2. The largest absolute Gasteiger partial charge is 0.495 e. The highest BCUT2D eigenvalue weighted by Crippen LogP contribution is 2.20. The van der Waals surface area contributed by atoms with Crippen LogP contribution in [0.5, 0.6) is 5.75 Å². The Hall–Kier alpha value is -1.55. The Kier molecular flexibility index (Phi) is 2.37. The lowest BCUT2D eigenvalue weighted by atomic mass is 10.3. The molecule has 0 saturated carbocycles. The quantitative estimate of drug-likeness (QED) is 0.802. The van der Waals surface area contributed by atoms with Gasteiger partial charge >= 0.3 is 0 Å². The van der Waals surface area contributed by atoms with Crippen LogP contribution in [0.1, 0.15) is 0 Å². The molecule has 0 radical (unpaired) electrons. The molecule has 1 aromatic carbocycles. The van der Waals surface area contributed by atoms with E-state index in [9.17, 15) is 0 Å². The molecule has 0 aliphatic rings. The molecule has 1 N–H and O–H groups in total. The van der Waals surface area contributed by atoms with Crippen LogP contribution in [0.15, 0.2) is 35.8 Å². The van der Waals surface area contributed by atoms with E-state index in [1.165, 1.54) is 11.3 Å². The first kappa shape index (κ1) is 9.02. The number of hydrogen-bond acceptors (Lipinski definition) is 3. The number of nitrogens with zero attached hydrogens (tertiary/aromatic N) is 1. The molecule has 14 heavy (non-hydrogen) atoms. The summed E-state index contributed by atoms with van der Waals surface area (Å²) in [7, 11) is 1.63. The monoisotopic (exact) mass is 206 g/mol. The van der Waals surface area contributed by atoms with Crippen LogP contribution in [0.3, 0.4) is 0 Å². The van der Waals surface area contributed by atoms with E-state index in [2.05, 4.69) is 0 Å². The molecule has 0 unspecified atom stereocenters. The summed E-state index contributed by atoms with van der Waals surface area (Å²) in [5.74, 6) is 0.782. The van der Waals surface area contributed by atoms with E-state index in [-0.39, 0.29) is 0 Å². The zero-order valence-electron chi connectivity index (χ0n) is 7.73. The van der Waals surface area contributed by atoms with E-state index in [1.807, 2.05) is 35.8 Å². The topological polar surface area (TPSA) is 38.0 Å². The number of thiazole rings is 1. The molecule has 0 aliphatic heterocycles. The summed E-state index contributed by atoms with van der Waals surface area (Å²) < 4.78 is 7.02. The highest BCUT2D eigenvalue weighted by atomic mass is 32.1. The molecule has 2 rings (SSSR count). The molecule has 0 atom stereocenters. The average Bonchev–Trinajstić information content (AvgIpc) is 2.64. The number of methoxy groups -OCH3 is 1. The summed E-state index contributed by atoms with van der Waals surface area (Å²) in [6.45, 7) is 0. The number of hydrogen-bond donors (Lipinski definition) is 1. The van der Waals surface area contributed by atoms with Crippen molar-refractivity contribution in [1.82, 2.24) is 4.57 Å². The zero-order valence-corrected chi connectivity index (χ0v) is 8.54. The van der Waals surface area contributed by atoms with Crippen LogP contribution in [0.2, 0.25) is 0 Å². The fourth-order valence-electron chi connectivity index (χ4n) is 1.30. The van der Waals surface area contributed by atoms with Crippen molar-refractivity contribution in [3.05, 3.63) is 40.6 Å². The lowest BCUT2D eigenvalue weighted by Crippen LogP contribution is -2.10. The minimum absolute atomic E-state index is 0.495. The highest BCUT2D eigenvalue weighted by Gasteiger charge is 2.03. The van der Waals surface area contributed by atoms with E-state index in [0.29, 0.717) is 4.80 Å². The van der Waals surface area contributed by atoms with Crippen LogP contribution in [0.25, 0.3) is 5.69 Å². The Labute approximate surface area is 85.7 Å². The Balaban J connectivity index is 2.62. The van der Waals surface area contributed by atoms with Gasteiger partial charge in [-0.3, -0.25) is 9.98 Å². The molecule has 0 saturated heterocycles. The van der Waals surface area contributed by atoms with E-state index in [0.717, 1.165) is 11.4 Å². The van der Waals surface area contributed by atoms with Gasteiger partial charge in [0.25, 0.3) is 0 Å². The second-order valence-corrected chi connectivity index (χ2v) is 3.64. The zero-order chi connectivity index (χ0) is 9.97. The van der Waals surface area contributed by atoms with Crippen LogP contribution in [-0.4, -0.2) is 11.7 Å². The Bertz CT molecular complexity index is 487. The van der Waals surface area contributed by atoms with Crippen LogP contribution in [0, 0.1) is 5.41 Å². The van der Waals surface area contributed by atoms with Gasteiger partial charge in [-0.1, -0.05) is 12.1 Å². The molecule has 0 aliphatic carbocycles. The SMILES string of the molecule is COc1ccccc1-n1ccsc1=N. The summed E-state index contributed by atoms with van der Waals surface area (Å²) >= 11 is 1.39. The fraction of sp³-hybridized carbons (Fsp3) is 0.100. The summed E-state index contributed by atoms with van der Waals surface area (Å²) in [5, 5.41) is 9.57. The van der Waals surface area contributed by atoms with Gasteiger partial charge in [0.1, 0.15) is 5.75 Å². The first-order valence-electron chi connectivity index (χ1n) is 4.17. The van der Waals surface area contributed by atoms with Gasteiger partial charge in [0.2, 0.25) is 0 Å². The molecule has 1 aromatic heterocycles. The average molecular weight is 206 g/mol. The molecule has 0 amide bonds. The van der Waals surface area contributed by atoms with Crippen molar-refractivity contribution in [2.45, 2.75) is 0 Å². The Morgan fingerprint density at radius 3 is 2.79 bits per heavy atom. The van der Waals surface area contributed by atoms with E-state index < -0.39 is 0 Å². The lowest BCUT2D eigenvalue weighted by Gasteiger charge is -2.07. The van der Waals surface area contributed by atoms with Crippen molar-refractivity contribution in [2.24, 2.45) is 0 Å². The van der Waals surface area contributed by atoms with Gasteiger partial charge in [-0.15, -0.1) is 11.3 Å². The standard InChI is InChI=1S/C10H10N2OS/c1-13-9-5-3-2-4-8(9)12-6-7-14-10(12)11/h2-7,11H,1H3. The second kappa shape index (κ2) is 3.67. The number of benzene rings is 1. The van der Waals surface area contributed by atoms with Crippen molar-refractivity contribution in [2.75, 3.05) is 7.11 Å². The number of ether oxygens (including phenoxy) is 1. The van der Waals surface area contributed by atoms with Crippen LogP contribution >= 0.6 is 11.3 Å². The molecule has 0 fully saturated rings. The van der Waals surface area contributed by atoms with Crippen molar-refractivity contribution < 1.29 is 4.74 Å². The van der Waals surface area contributed by atoms with Crippen LogP contribution in [0.4, 0.5) is 0 Å². The third-order valence-corrected chi connectivity index (χ3v) is 2.63. The maximum atomic E-state index is 7.69. The number of rotatable bonds is 2. The summed E-state index contributed by atoms with van der Waals surface area (Å²) in [4.78, 5) is 0.495. The Morgan fingerprint density at radius 2 is 2.14 bits per heavy atom. The van der Waals surface area contributed by atoms with Gasteiger partial charge in [-0.05, 0) is 12.1 Å². The van der Waals surface area contributed by atoms with Crippen molar-refractivity contribution >= 4 is 11.3 Å². The first-order chi connectivity index (χ1) is 6.83. The molecule has 0 bridgehead atoms. The normalized spacial score (nSPS) is 10.1. The van der Waals surface area contributed by atoms with Gasteiger partial charge < -0.3 is 4.74 Å². The third-order valence-electron chi connectivity index (χ3n) is 1.95. The molecular formula is C10H10N2OS. The van der Waals surface area contributed by atoms with Crippen molar-refractivity contribution in [3.63, 3.8) is 0 Å². The molecule has 1 heterocycles. The third kappa shape index (κ3) is 1.44. The molecule has 0 spiro atoms. The molecule has 4 heteroatoms. The first-order valence-corrected chi connectivity index (χ1v) is 5.05. The molecular weight excluding hydrogens is 196 g/mol. The summed E-state index contributed by atoms with van der Waals surface area (Å²) in [6, 6.07) is 7.67. The van der Waals surface area contributed by atoms with Gasteiger partial charge in [0.05, 0.1) is 12.8 Å².